The second kappa shape index (κ2) is 9.56. The molecule has 0 aromatic carbocycles. The Morgan fingerprint density at radius 1 is 1.10 bits per heavy atom. The Balaban J connectivity index is 2.55. The fourth-order valence-electron chi connectivity index (χ4n) is 2.17. The zero-order valence-electron chi connectivity index (χ0n) is 13.5. The molecule has 0 spiro atoms. The van der Waals surface area contributed by atoms with Crippen molar-refractivity contribution in [1.29, 1.82) is 0 Å². The molecule has 0 aliphatic carbocycles. The maximum Gasteiger partial charge on any atom is 0.224 e. The Kier molecular flexibility index (Phi) is 8.00. The van der Waals surface area contributed by atoms with Crippen LogP contribution in [0.15, 0.2) is 6.07 Å². The van der Waals surface area contributed by atoms with Crippen LogP contribution >= 0.6 is 0 Å². The van der Waals surface area contributed by atoms with Crippen molar-refractivity contribution in [3.63, 3.8) is 0 Å². The smallest absolute Gasteiger partial charge is 0.224 e. The number of unbranched alkanes of at least 4 members (excludes halogenated alkanes) is 1. The minimum absolute atomic E-state index is 0.732. The quantitative estimate of drug-likeness (QED) is 0.672. The van der Waals surface area contributed by atoms with Gasteiger partial charge in [0, 0.05) is 24.8 Å². The van der Waals surface area contributed by atoms with E-state index in [2.05, 4.69) is 41.4 Å². The van der Waals surface area contributed by atoms with Crippen molar-refractivity contribution in [3.8, 4) is 0 Å². The molecule has 0 aliphatic rings. The van der Waals surface area contributed by atoms with E-state index in [1.807, 2.05) is 13.0 Å². The molecule has 2 N–H and O–H groups in total. The Bertz CT molecular complexity index is 379. The molecule has 1 atom stereocenters. The second-order valence-corrected chi connectivity index (χ2v) is 5.44. The molecule has 4 nitrogen and oxygen atoms in total. The van der Waals surface area contributed by atoms with E-state index in [-0.39, 0.29) is 0 Å². The average Bonchev–Trinajstić information content (AvgIpc) is 2.45. The first kappa shape index (κ1) is 16.7. The van der Waals surface area contributed by atoms with Crippen LogP contribution in [0.2, 0.25) is 0 Å². The molecule has 0 radical (unpaired) electrons. The van der Waals surface area contributed by atoms with Gasteiger partial charge in [-0.1, -0.05) is 40.0 Å². The van der Waals surface area contributed by atoms with E-state index < -0.39 is 0 Å². The van der Waals surface area contributed by atoms with Gasteiger partial charge in [0.05, 0.1) is 0 Å². The Morgan fingerprint density at radius 2 is 1.90 bits per heavy atom. The lowest BCUT2D eigenvalue weighted by atomic mass is 9.99. The van der Waals surface area contributed by atoms with Crippen LogP contribution in [0.25, 0.3) is 0 Å². The maximum atomic E-state index is 4.52. The van der Waals surface area contributed by atoms with Crippen LogP contribution in [-0.4, -0.2) is 23.1 Å². The molecule has 20 heavy (non-hydrogen) atoms. The van der Waals surface area contributed by atoms with Crippen molar-refractivity contribution in [2.24, 2.45) is 5.92 Å². The zero-order chi connectivity index (χ0) is 14.8. The molecule has 1 rings (SSSR count). The van der Waals surface area contributed by atoms with Gasteiger partial charge in [0.15, 0.2) is 0 Å². The Hall–Kier alpha value is -1.32. The molecular formula is C16H30N4. The number of aryl methyl sites for hydroxylation is 1. The molecule has 0 bridgehead atoms. The zero-order valence-corrected chi connectivity index (χ0v) is 13.5. The summed E-state index contributed by atoms with van der Waals surface area (Å²) in [7, 11) is 0. The summed E-state index contributed by atoms with van der Waals surface area (Å²) in [6.07, 6.45) is 6.18. The molecule has 0 saturated heterocycles. The lowest BCUT2D eigenvalue weighted by Gasteiger charge is -2.16. The van der Waals surface area contributed by atoms with Crippen molar-refractivity contribution in [2.45, 2.75) is 59.8 Å². The van der Waals surface area contributed by atoms with Crippen LogP contribution in [0.5, 0.6) is 0 Å². The molecular weight excluding hydrogens is 248 g/mol. The topological polar surface area (TPSA) is 49.8 Å². The molecule has 1 aromatic rings. The summed E-state index contributed by atoms with van der Waals surface area (Å²) >= 11 is 0. The van der Waals surface area contributed by atoms with Gasteiger partial charge < -0.3 is 10.6 Å². The van der Waals surface area contributed by atoms with Gasteiger partial charge in [-0.2, -0.15) is 4.98 Å². The van der Waals surface area contributed by atoms with E-state index in [9.17, 15) is 0 Å². The molecule has 4 heteroatoms. The van der Waals surface area contributed by atoms with Crippen LogP contribution in [0.3, 0.4) is 0 Å². The van der Waals surface area contributed by atoms with E-state index in [1.165, 1.54) is 25.7 Å². The maximum absolute atomic E-state index is 4.52. The number of rotatable bonds is 10. The van der Waals surface area contributed by atoms with E-state index >= 15 is 0 Å². The third-order valence-corrected chi connectivity index (χ3v) is 3.50. The van der Waals surface area contributed by atoms with Crippen molar-refractivity contribution < 1.29 is 0 Å². The van der Waals surface area contributed by atoms with E-state index in [0.717, 1.165) is 42.9 Å². The molecule has 0 fully saturated rings. The standard InChI is InChI=1S/C16H30N4/c1-5-8-9-14(7-3)12-18-15-11-13(4)19-16(20-15)17-10-6-2/h11,14H,5-10,12H2,1-4H3,(H2,17,18,19,20). The number of anilines is 2. The van der Waals surface area contributed by atoms with Crippen LogP contribution in [-0.2, 0) is 0 Å². The lowest BCUT2D eigenvalue weighted by Crippen LogP contribution is -2.15. The molecule has 1 heterocycles. The largest absolute Gasteiger partial charge is 0.370 e. The highest BCUT2D eigenvalue weighted by molar-refractivity contribution is 5.42. The first-order chi connectivity index (χ1) is 9.69. The van der Waals surface area contributed by atoms with Gasteiger partial charge in [-0.15, -0.1) is 0 Å². The van der Waals surface area contributed by atoms with Gasteiger partial charge >= 0.3 is 0 Å². The SMILES string of the molecule is CCCCC(CC)CNc1cc(C)nc(NCCC)n1. The summed E-state index contributed by atoms with van der Waals surface area (Å²) in [5, 5.41) is 6.72. The minimum Gasteiger partial charge on any atom is -0.370 e. The van der Waals surface area contributed by atoms with Gasteiger partial charge in [0.1, 0.15) is 5.82 Å². The van der Waals surface area contributed by atoms with Crippen LogP contribution in [0.1, 0.15) is 58.6 Å². The normalized spacial score (nSPS) is 12.2. The number of nitrogens with zero attached hydrogens (tertiary/aromatic N) is 2. The fraction of sp³-hybridized carbons (Fsp3) is 0.750. The summed E-state index contributed by atoms with van der Waals surface area (Å²) in [4.78, 5) is 8.93. The number of nitrogens with one attached hydrogen (secondary N) is 2. The van der Waals surface area contributed by atoms with Gasteiger partial charge in [-0.3, -0.25) is 0 Å². The summed E-state index contributed by atoms with van der Waals surface area (Å²) in [6, 6.07) is 2.02. The highest BCUT2D eigenvalue weighted by Gasteiger charge is 2.07. The summed E-state index contributed by atoms with van der Waals surface area (Å²) in [5.74, 6) is 2.40. The van der Waals surface area contributed by atoms with Crippen LogP contribution in [0.4, 0.5) is 11.8 Å². The Labute approximate surface area is 123 Å². The van der Waals surface area contributed by atoms with Crippen molar-refractivity contribution in [1.82, 2.24) is 9.97 Å². The monoisotopic (exact) mass is 278 g/mol. The lowest BCUT2D eigenvalue weighted by molar-refractivity contribution is 0.472. The summed E-state index contributed by atoms with van der Waals surface area (Å²) in [5.41, 5.74) is 1.00. The molecule has 0 saturated carbocycles. The highest BCUT2D eigenvalue weighted by Crippen LogP contribution is 2.15. The predicted octanol–water partition coefficient (Wildman–Crippen LogP) is 4.24. The summed E-state index contributed by atoms with van der Waals surface area (Å²) < 4.78 is 0. The van der Waals surface area contributed by atoms with E-state index in [1.54, 1.807) is 0 Å². The van der Waals surface area contributed by atoms with E-state index in [4.69, 9.17) is 0 Å². The number of aromatic nitrogens is 2. The van der Waals surface area contributed by atoms with Gasteiger partial charge in [-0.05, 0) is 25.7 Å². The first-order valence-corrected chi connectivity index (χ1v) is 8.02. The molecule has 0 aliphatic heterocycles. The first-order valence-electron chi connectivity index (χ1n) is 8.02. The fourth-order valence-corrected chi connectivity index (χ4v) is 2.17. The predicted molar refractivity (Wildman–Crippen MR) is 87.3 cm³/mol. The highest BCUT2D eigenvalue weighted by atomic mass is 15.1. The molecule has 1 unspecified atom stereocenters. The van der Waals surface area contributed by atoms with Gasteiger partial charge in [-0.25, -0.2) is 4.98 Å². The number of hydrogen-bond donors (Lipinski definition) is 2. The third-order valence-electron chi connectivity index (χ3n) is 3.50. The Morgan fingerprint density at radius 3 is 2.55 bits per heavy atom. The molecule has 114 valence electrons. The second-order valence-electron chi connectivity index (χ2n) is 5.44. The van der Waals surface area contributed by atoms with Gasteiger partial charge in [0.25, 0.3) is 0 Å². The van der Waals surface area contributed by atoms with Gasteiger partial charge in [0.2, 0.25) is 5.95 Å². The van der Waals surface area contributed by atoms with Crippen molar-refractivity contribution in [2.75, 3.05) is 23.7 Å². The summed E-state index contributed by atoms with van der Waals surface area (Å²) in [6.45, 7) is 10.6. The average molecular weight is 278 g/mol. The van der Waals surface area contributed by atoms with E-state index in [0.29, 0.717) is 0 Å². The van der Waals surface area contributed by atoms with Crippen LogP contribution in [0, 0.1) is 12.8 Å². The minimum atomic E-state index is 0.732. The van der Waals surface area contributed by atoms with Crippen molar-refractivity contribution in [3.05, 3.63) is 11.8 Å². The van der Waals surface area contributed by atoms with Crippen molar-refractivity contribution >= 4 is 11.8 Å². The molecule has 1 aromatic heterocycles. The number of hydrogen-bond acceptors (Lipinski definition) is 4. The molecule has 0 amide bonds. The third kappa shape index (κ3) is 6.22. The van der Waals surface area contributed by atoms with Crippen LogP contribution < -0.4 is 10.6 Å².